The van der Waals surface area contributed by atoms with Crippen molar-refractivity contribution in [2.45, 2.75) is 16.9 Å². The van der Waals surface area contributed by atoms with Crippen molar-refractivity contribution >= 4 is 17.5 Å². The summed E-state index contributed by atoms with van der Waals surface area (Å²) in [6.45, 7) is 3.94. The molecule has 0 spiro atoms. The first-order valence-corrected chi connectivity index (χ1v) is 7.77. The van der Waals surface area contributed by atoms with Crippen LogP contribution in [0, 0.1) is 0 Å². The van der Waals surface area contributed by atoms with Crippen LogP contribution in [0.25, 0.3) is 0 Å². The highest BCUT2D eigenvalue weighted by molar-refractivity contribution is 8.00. The van der Waals surface area contributed by atoms with Gasteiger partial charge < -0.3 is 0 Å². The van der Waals surface area contributed by atoms with Gasteiger partial charge in [0.15, 0.2) is 5.78 Å². The molecule has 2 atom stereocenters. The third-order valence-electron chi connectivity index (χ3n) is 3.72. The summed E-state index contributed by atoms with van der Waals surface area (Å²) >= 11 is 1.72. The van der Waals surface area contributed by atoms with E-state index in [1.165, 1.54) is 0 Å². The SMILES string of the molecule is C=CC(c1ccccc1)C1SCc2ccccc2C1=O. The van der Waals surface area contributed by atoms with Crippen LogP contribution in [0.3, 0.4) is 0 Å². The van der Waals surface area contributed by atoms with Crippen molar-refractivity contribution in [3.63, 3.8) is 0 Å². The number of thioether (sulfide) groups is 1. The normalized spacial score (nSPS) is 19.2. The number of ketones is 1. The van der Waals surface area contributed by atoms with Crippen molar-refractivity contribution in [3.05, 3.63) is 83.9 Å². The number of benzene rings is 2. The first-order chi connectivity index (χ1) is 9.81. The first kappa shape index (κ1) is 13.2. The van der Waals surface area contributed by atoms with E-state index in [4.69, 9.17) is 0 Å². The molecule has 0 aromatic heterocycles. The maximum absolute atomic E-state index is 12.7. The minimum Gasteiger partial charge on any atom is -0.293 e. The van der Waals surface area contributed by atoms with Crippen LogP contribution in [0.4, 0.5) is 0 Å². The van der Waals surface area contributed by atoms with Gasteiger partial charge in [0.25, 0.3) is 0 Å². The minimum atomic E-state index is -0.0650. The topological polar surface area (TPSA) is 17.1 Å². The fraction of sp³-hybridized carbons (Fsp3) is 0.167. The number of rotatable bonds is 3. The van der Waals surface area contributed by atoms with Crippen LogP contribution in [0.15, 0.2) is 67.3 Å². The Morgan fingerprint density at radius 1 is 1.10 bits per heavy atom. The highest BCUT2D eigenvalue weighted by atomic mass is 32.2. The Labute approximate surface area is 123 Å². The maximum atomic E-state index is 12.7. The van der Waals surface area contributed by atoms with E-state index in [0.29, 0.717) is 0 Å². The van der Waals surface area contributed by atoms with Crippen molar-refractivity contribution in [1.29, 1.82) is 0 Å². The molecule has 1 aliphatic heterocycles. The minimum absolute atomic E-state index is 0.0650. The molecule has 1 aliphatic rings. The predicted molar refractivity (Wildman–Crippen MR) is 85.2 cm³/mol. The smallest absolute Gasteiger partial charge is 0.177 e. The van der Waals surface area contributed by atoms with Gasteiger partial charge in [-0.3, -0.25) is 4.79 Å². The molecular formula is C18H16OS. The van der Waals surface area contributed by atoms with Gasteiger partial charge in [-0.2, -0.15) is 0 Å². The molecule has 0 radical (unpaired) electrons. The molecule has 1 nitrogen and oxygen atoms in total. The molecule has 0 saturated carbocycles. The van der Waals surface area contributed by atoms with E-state index in [9.17, 15) is 4.79 Å². The lowest BCUT2D eigenvalue weighted by molar-refractivity contribution is 0.0982. The Balaban J connectivity index is 1.95. The lowest BCUT2D eigenvalue weighted by Crippen LogP contribution is -2.28. The van der Waals surface area contributed by atoms with Crippen molar-refractivity contribution < 1.29 is 4.79 Å². The van der Waals surface area contributed by atoms with Gasteiger partial charge in [-0.05, 0) is 11.1 Å². The Kier molecular flexibility index (Phi) is 3.75. The Morgan fingerprint density at radius 2 is 1.80 bits per heavy atom. The van der Waals surface area contributed by atoms with Crippen LogP contribution < -0.4 is 0 Å². The summed E-state index contributed by atoms with van der Waals surface area (Å²) in [5, 5.41) is -0.0650. The molecule has 2 unspecified atom stereocenters. The van der Waals surface area contributed by atoms with E-state index in [1.807, 2.05) is 48.5 Å². The zero-order valence-corrected chi connectivity index (χ0v) is 12.0. The average molecular weight is 280 g/mol. The quantitative estimate of drug-likeness (QED) is 0.772. The summed E-state index contributed by atoms with van der Waals surface area (Å²) in [5.74, 6) is 1.19. The molecule has 20 heavy (non-hydrogen) atoms. The van der Waals surface area contributed by atoms with Crippen molar-refractivity contribution in [3.8, 4) is 0 Å². The van der Waals surface area contributed by atoms with Crippen LogP contribution in [-0.2, 0) is 5.75 Å². The molecule has 0 saturated heterocycles. The summed E-state index contributed by atoms with van der Waals surface area (Å²) in [7, 11) is 0. The third-order valence-corrected chi connectivity index (χ3v) is 5.07. The summed E-state index contributed by atoms with van der Waals surface area (Å²) in [4.78, 5) is 12.7. The highest BCUT2D eigenvalue weighted by Crippen LogP contribution is 2.38. The van der Waals surface area contributed by atoms with Crippen LogP contribution >= 0.6 is 11.8 Å². The van der Waals surface area contributed by atoms with E-state index in [0.717, 1.165) is 22.4 Å². The molecule has 3 rings (SSSR count). The second-order valence-electron chi connectivity index (χ2n) is 4.93. The Bertz CT molecular complexity index is 633. The summed E-state index contributed by atoms with van der Waals surface area (Å²) in [5.41, 5.74) is 3.18. The monoisotopic (exact) mass is 280 g/mol. The zero-order valence-electron chi connectivity index (χ0n) is 11.2. The molecule has 0 N–H and O–H groups in total. The molecule has 0 fully saturated rings. The number of fused-ring (bicyclic) bond motifs is 1. The van der Waals surface area contributed by atoms with Crippen LogP contribution in [0.2, 0.25) is 0 Å². The molecule has 2 heteroatoms. The second-order valence-corrected chi connectivity index (χ2v) is 6.06. The van der Waals surface area contributed by atoms with Gasteiger partial charge >= 0.3 is 0 Å². The summed E-state index contributed by atoms with van der Waals surface area (Å²) in [6.07, 6.45) is 1.90. The van der Waals surface area contributed by atoms with Gasteiger partial charge in [-0.1, -0.05) is 60.7 Å². The number of carbonyl (C=O) groups excluding carboxylic acids is 1. The predicted octanol–water partition coefficient (Wildman–Crippen LogP) is 4.45. The second kappa shape index (κ2) is 5.68. The lowest BCUT2D eigenvalue weighted by Gasteiger charge is -2.28. The summed E-state index contributed by atoms with van der Waals surface area (Å²) < 4.78 is 0. The van der Waals surface area contributed by atoms with Crippen LogP contribution in [-0.4, -0.2) is 11.0 Å². The third kappa shape index (κ3) is 2.32. The Hall–Kier alpha value is -1.80. The number of allylic oxidation sites excluding steroid dienone is 1. The van der Waals surface area contributed by atoms with Crippen molar-refractivity contribution in [2.24, 2.45) is 0 Å². The fourth-order valence-corrected chi connectivity index (χ4v) is 4.04. The van der Waals surface area contributed by atoms with Crippen LogP contribution in [0.1, 0.15) is 27.4 Å². The fourth-order valence-electron chi connectivity index (χ4n) is 2.67. The van der Waals surface area contributed by atoms with E-state index in [2.05, 4.69) is 18.7 Å². The van der Waals surface area contributed by atoms with Gasteiger partial charge in [-0.15, -0.1) is 18.3 Å². The Morgan fingerprint density at radius 3 is 2.55 bits per heavy atom. The molecule has 2 aromatic carbocycles. The van der Waals surface area contributed by atoms with Crippen molar-refractivity contribution in [1.82, 2.24) is 0 Å². The standard InChI is InChI=1S/C18H16OS/c1-2-15(13-8-4-3-5-9-13)18-17(19)16-11-7-6-10-14(16)12-20-18/h2-11,15,18H,1,12H2. The summed E-state index contributed by atoms with van der Waals surface area (Å²) in [6, 6.07) is 18.1. The largest absolute Gasteiger partial charge is 0.293 e. The molecule has 0 amide bonds. The van der Waals surface area contributed by atoms with Gasteiger partial charge in [0, 0.05) is 17.2 Å². The van der Waals surface area contributed by atoms with Gasteiger partial charge in [0.05, 0.1) is 5.25 Å². The number of hydrogen-bond donors (Lipinski definition) is 0. The lowest BCUT2D eigenvalue weighted by atomic mass is 9.89. The molecule has 0 bridgehead atoms. The zero-order chi connectivity index (χ0) is 13.9. The first-order valence-electron chi connectivity index (χ1n) is 6.72. The number of carbonyl (C=O) groups is 1. The maximum Gasteiger partial charge on any atom is 0.177 e. The number of hydrogen-bond acceptors (Lipinski definition) is 2. The van der Waals surface area contributed by atoms with E-state index in [-0.39, 0.29) is 17.0 Å². The van der Waals surface area contributed by atoms with E-state index >= 15 is 0 Å². The van der Waals surface area contributed by atoms with Gasteiger partial charge in [0.1, 0.15) is 0 Å². The van der Waals surface area contributed by atoms with Gasteiger partial charge in [0.2, 0.25) is 0 Å². The van der Waals surface area contributed by atoms with Gasteiger partial charge in [-0.25, -0.2) is 0 Å². The average Bonchev–Trinajstić information content (AvgIpc) is 2.51. The van der Waals surface area contributed by atoms with Crippen LogP contribution in [0.5, 0.6) is 0 Å². The molecule has 100 valence electrons. The highest BCUT2D eigenvalue weighted by Gasteiger charge is 2.33. The molecule has 1 heterocycles. The molecule has 0 aliphatic carbocycles. The number of Topliss-reactive ketones (excluding diaryl/α,β-unsaturated/α-hetero) is 1. The van der Waals surface area contributed by atoms with E-state index < -0.39 is 0 Å². The molecular weight excluding hydrogens is 264 g/mol. The molecule has 2 aromatic rings. The van der Waals surface area contributed by atoms with E-state index in [1.54, 1.807) is 11.8 Å². The van der Waals surface area contributed by atoms with Crippen molar-refractivity contribution in [2.75, 3.05) is 0 Å².